The van der Waals surface area contributed by atoms with Gasteiger partial charge in [-0.3, -0.25) is 14.3 Å². The van der Waals surface area contributed by atoms with Crippen molar-refractivity contribution in [1.82, 2.24) is 9.55 Å². The second kappa shape index (κ2) is 8.60. The van der Waals surface area contributed by atoms with E-state index in [-0.39, 0.29) is 36.0 Å². The molecular formula is C17H16Cl3N3O3. The predicted octanol–water partition coefficient (Wildman–Crippen LogP) is 2.96. The lowest BCUT2D eigenvalue weighted by atomic mass is 10.2. The molecule has 3 aromatic rings. The van der Waals surface area contributed by atoms with Gasteiger partial charge >= 0.3 is 5.69 Å². The summed E-state index contributed by atoms with van der Waals surface area (Å²) in [5.74, 6) is 0.655. The van der Waals surface area contributed by atoms with Gasteiger partial charge in [-0.25, -0.2) is 4.79 Å². The minimum Gasteiger partial charge on any atom is -0.491 e. The van der Waals surface area contributed by atoms with Crippen LogP contribution in [0.2, 0.25) is 10.0 Å². The van der Waals surface area contributed by atoms with E-state index in [0.29, 0.717) is 22.8 Å². The number of nitrogens with one attached hydrogen (secondary N) is 1. The maximum absolute atomic E-state index is 12.2. The third-order valence-corrected chi connectivity index (χ3v) is 4.30. The number of aromatic nitrogens is 2. The summed E-state index contributed by atoms with van der Waals surface area (Å²) < 4.78 is 7.10. The molecular weight excluding hydrogens is 401 g/mol. The lowest BCUT2D eigenvalue weighted by molar-refractivity contribution is 0.295. The van der Waals surface area contributed by atoms with Crippen LogP contribution in [-0.4, -0.2) is 16.2 Å². The topological polar surface area (TPSA) is 90.1 Å². The minimum atomic E-state index is -0.549. The summed E-state index contributed by atoms with van der Waals surface area (Å²) >= 11 is 12.1. The second-order valence-electron chi connectivity index (χ2n) is 5.35. The number of nitrogens with two attached hydrogens (primary N) is 1. The minimum absolute atomic E-state index is 0. The molecule has 3 rings (SSSR count). The van der Waals surface area contributed by atoms with Gasteiger partial charge in [-0.05, 0) is 18.2 Å². The fourth-order valence-corrected chi connectivity index (χ4v) is 3.18. The van der Waals surface area contributed by atoms with Crippen molar-refractivity contribution in [3.05, 3.63) is 72.8 Å². The van der Waals surface area contributed by atoms with Gasteiger partial charge in [0.05, 0.1) is 22.5 Å². The van der Waals surface area contributed by atoms with Crippen molar-refractivity contribution in [2.75, 3.05) is 6.61 Å². The van der Waals surface area contributed by atoms with Gasteiger partial charge in [0, 0.05) is 17.1 Å². The number of nitrogens with zero attached hydrogens (tertiary/aromatic N) is 1. The van der Waals surface area contributed by atoms with E-state index < -0.39 is 11.2 Å². The lowest BCUT2D eigenvalue weighted by Gasteiger charge is -2.13. The van der Waals surface area contributed by atoms with Crippen LogP contribution in [0.3, 0.4) is 0 Å². The molecule has 0 fully saturated rings. The van der Waals surface area contributed by atoms with Gasteiger partial charge < -0.3 is 10.5 Å². The van der Waals surface area contributed by atoms with Crippen molar-refractivity contribution >= 4 is 46.5 Å². The average Bonchev–Trinajstić information content (AvgIpc) is 2.57. The Kier molecular flexibility index (Phi) is 6.72. The van der Waals surface area contributed by atoms with Crippen molar-refractivity contribution in [3.63, 3.8) is 0 Å². The van der Waals surface area contributed by atoms with E-state index in [1.165, 1.54) is 16.7 Å². The quantitative estimate of drug-likeness (QED) is 0.669. The van der Waals surface area contributed by atoms with Crippen LogP contribution in [0.25, 0.3) is 10.9 Å². The number of aromatic amines is 1. The predicted molar refractivity (Wildman–Crippen MR) is 106 cm³/mol. The summed E-state index contributed by atoms with van der Waals surface area (Å²) in [6.45, 7) is 0.771. The van der Waals surface area contributed by atoms with Gasteiger partial charge in [0.25, 0.3) is 5.56 Å². The zero-order valence-corrected chi connectivity index (χ0v) is 15.8. The largest absolute Gasteiger partial charge is 0.491 e. The standard InChI is InChI=1S/C17H15Cl2N3O3.ClH/c18-11-7-12(19)15-13(8-11)22(17(24)21-16(15)23)5-6-25-14-4-2-1-3-10(14)9-20;/h1-4,7-8H,5-6,9,20H2,(H,21,23,24);1H. The Balaban J connectivity index is 0.00000243. The van der Waals surface area contributed by atoms with Crippen LogP contribution in [0.1, 0.15) is 5.56 Å². The maximum atomic E-state index is 12.2. The first-order valence-electron chi connectivity index (χ1n) is 7.54. The second-order valence-corrected chi connectivity index (χ2v) is 6.20. The molecule has 9 heteroatoms. The molecule has 0 aliphatic rings. The highest BCUT2D eigenvalue weighted by Gasteiger charge is 2.12. The first kappa shape index (κ1) is 20.3. The number of halogens is 3. The average molecular weight is 417 g/mol. The Labute approximate surface area is 164 Å². The number of hydrogen-bond acceptors (Lipinski definition) is 4. The van der Waals surface area contributed by atoms with Crippen molar-refractivity contribution in [2.24, 2.45) is 5.73 Å². The van der Waals surface area contributed by atoms with Crippen LogP contribution in [0.5, 0.6) is 5.75 Å². The van der Waals surface area contributed by atoms with E-state index >= 15 is 0 Å². The van der Waals surface area contributed by atoms with Crippen molar-refractivity contribution < 1.29 is 4.74 Å². The molecule has 0 bridgehead atoms. The molecule has 0 radical (unpaired) electrons. The first-order chi connectivity index (χ1) is 12.0. The summed E-state index contributed by atoms with van der Waals surface area (Å²) in [6, 6.07) is 10.4. The molecule has 3 N–H and O–H groups in total. The van der Waals surface area contributed by atoms with Crippen molar-refractivity contribution in [2.45, 2.75) is 13.1 Å². The summed E-state index contributed by atoms with van der Waals surface area (Å²) in [4.78, 5) is 26.5. The van der Waals surface area contributed by atoms with Gasteiger partial charge in [-0.15, -0.1) is 12.4 Å². The van der Waals surface area contributed by atoms with Crippen LogP contribution >= 0.6 is 35.6 Å². The fourth-order valence-electron chi connectivity index (χ4n) is 2.62. The first-order valence-corrected chi connectivity index (χ1v) is 8.29. The molecule has 0 saturated heterocycles. The molecule has 1 aromatic heterocycles. The van der Waals surface area contributed by atoms with Gasteiger partial charge in [0.2, 0.25) is 0 Å². The number of benzene rings is 2. The Morgan fingerprint density at radius 3 is 2.62 bits per heavy atom. The summed E-state index contributed by atoms with van der Waals surface area (Å²) in [7, 11) is 0. The van der Waals surface area contributed by atoms with E-state index in [1.54, 1.807) is 0 Å². The summed E-state index contributed by atoms with van der Waals surface area (Å²) in [5, 5.41) is 0.741. The highest BCUT2D eigenvalue weighted by molar-refractivity contribution is 6.38. The normalized spacial score (nSPS) is 10.6. The Hall–Kier alpha value is -1.99. The van der Waals surface area contributed by atoms with E-state index in [9.17, 15) is 9.59 Å². The maximum Gasteiger partial charge on any atom is 0.328 e. The van der Waals surface area contributed by atoms with Crippen LogP contribution in [0, 0.1) is 0 Å². The Morgan fingerprint density at radius 1 is 1.15 bits per heavy atom. The number of hydrogen-bond donors (Lipinski definition) is 2. The molecule has 0 spiro atoms. The van der Waals surface area contributed by atoms with E-state index in [1.807, 2.05) is 24.3 Å². The van der Waals surface area contributed by atoms with Gasteiger partial charge in [0.1, 0.15) is 12.4 Å². The molecule has 26 heavy (non-hydrogen) atoms. The van der Waals surface area contributed by atoms with E-state index in [2.05, 4.69) is 4.98 Å². The zero-order valence-electron chi connectivity index (χ0n) is 13.5. The van der Waals surface area contributed by atoms with Gasteiger partial charge in [0.15, 0.2) is 0 Å². The van der Waals surface area contributed by atoms with Crippen molar-refractivity contribution in [3.8, 4) is 5.75 Å². The molecule has 0 aliphatic heterocycles. The molecule has 0 amide bonds. The number of fused-ring (bicyclic) bond motifs is 1. The molecule has 1 heterocycles. The summed E-state index contributed by atoms with van der Waals surface area (Å²) in [6.07, 6.45) is 0. The molecule has 0 atom stereocenters. The third-order valence-electron chi connectivity index (χ3n) is 3.78. The summed E-state index contributed by atoms with van der Waals surface area (Å²) in [5.41, 5.74) is 5.81. The van der Waals surface area contributed by atoms with Crippen LogP contribution in [0.4, 0.5) is 0 Å². The van der Waals surface area contributed by atoms with E-state index in [4.69, 9.17) is 33.7 Å². The molecule has 0 unspecified atom stereocenters. The Bertz CT molecular complexity index is 1050. The molecule has 138 valence electrons. The number of para-hydroxylation sites is 1. The number of H-pyrrole nitrogens is 1. The highest BCUT2D eigenvalue weighted by Crippen LogP contribution is 2.24. The Morgan fingerprint density at radius 2 is 1.88 bits per heavy atom. The fraction of sp³-hybridized carbons (Fsp3) is 0.176. The zero-order chi connectivity index (χ0) is 18.0. The van der Waals surface area contributed by atoms with Gasteiger partial charge in [-0.1, -0.05) is 41.4 Å². The van der Waals surface area contributed by atoms with Crippen LogP contribution < -0.4 is 21.7 Å². The molecule has 0 saturated carbocycles. The molecule has 0 aliphatic carbocycles. The molecule has 6 nitrogen and oxygen atoms in total. The SMILES string of the molecule is Cl.NCc1ccccc1OCCn1c(=O)[nH]c(=O)c2c(Cl)cc(Cl)cc21. The van der Waals surface area contributed by atoms with Crippen LogP contribution in [0.15, 0.2) is 46.0 Å². The van der Waals surface area contributed by atoms with Crippen LogP contribution in [-0.2, 0) is 13.1 Å². The molecule has 2 aromatic carbocycles. The highest BCUT2D eigenvalue weighted by atomic mass is 35.5. The lowest BCUT2D eigenvalue weighted by Crippen LogP contribution is -2.32. The third kappa shape index (κ3) is 4.04. The van der Waals surface area contributed by atoms with Crippen molar-refractivity contribution in [1.29, 1.82) is 0 Å². The van der Waals surface area contributed by atoms with E-state index in [0.717, 1.165) is 5.56 Å². The van der Waals surface area contributed by atoms with Gasteiger partial charge in [-0.2, -0.15) is 0 Å². The number of rotatable bonds is 5. The monoisotopic (exact) mass is 415 g/mol. The smallest absolute Gasteiger partial charge is 0.328 e. The number of ether oxygens (including phenoxy) is 1.